The van der Waals surface area contributed by atoms with Gasteiger partial charge in [-0.25, -0.2) is 4.79 Å². The fourth-order valence-electron chi connectivity index (χ4n) is 2.52. The van der Waals surface area contributed by atoms with Gasteiger partial charge in [0.05, 0.1) is 0 Å². The molecule has 0 aromatic carbocycles. The van der Waals surface area contributed by atoms with Gasteiger partial charge >= 0.3 is 5.97 Å². The van der Waals surface area contributed by atoms with Gasteiger partial charge in [-0.15, -0.1) is 0 Å². The molecule has 0 aromatic rings. The summed E-state index contributed by atoms with van der Waals surface area (Å²) in [5, 5.41) is 9.74. The molecule has 20 heavy (non-hydrogen) atoms. The molecule has 0 aromatic heterocycles. The molecule has 0 bridgehead atoms. The quantitative estimate of drug-likeness (QED) is 0.396. The molecule has 0 radical (unpaired) electrons. The standard InChI is InChI=1S/C16H26O4/c1-3-4-5-6-7-8-9-10-13-11-14(18)15(12(2)17)16(19)20-13/h13,18H,3-11H2,1-2H3/t13-/m1/s1. The average molecular weight is 282 g/mol. The van der Waals surface area contributed by atoms with E-state index in [9.17, 15) is 14.7 Å². The lowest BCUT2D eigenvalue weighted by Crippen LogP contribution is -2.29. The van der Waals surface area contributed by atoms with Crippen LogP contribution in [0.1, 0.15) is 71.6 Å². The first-order valence-corrected chi connectivity index (χ1v) is 7.70. The van der Waals surface area contributed by atoms with E-state index >= 15 is 0 Å². The van der Waals surface area contributed by atoms with Crippen LogP contribution in [0.4, 0.5) is 0 Å². The predicted octanol–water partition coefficient (Wildman–Crippen LogP) is 3.84. The molecule has 4 heteroatoms. The van der Waals surface area contributed by atoms with E-state index in [2.05, 4.69) is 6.92 Å². The molecule has 4 nitrogen and oxygen atoms in total. The number of rotatable bonds is 9. The predicted molar refractivity (Wildman–Crippen MR) is 77.4 cm³/mol. The highest BCUT2D eigenvalue weighted by atomic mass is 16.5. The van der Waals surface area contributed by atoms with Crippen LogP contribution in [0.5, 0.6) is 0 Å². The van der Waals surface area contributed by atoms with Crippen LogP contribution in [0.15, 0.2) is 11.3 Å². The van der Waals surface area contributed by atoms with Crippen molar-refractivity contribution in [2.45, 2.75) is 77.7 Å². The number of aliphatic hydroxyl groups is 1. The Morgan fingerprint density at radius 3 is 2.35 bits per heavy atom. The van der Waals surface area contributed by atoms with Crippen molar-refractivity contribution in [3.8, 4) is 0 Å². The van der Waals surface area contributed by atoms with E-state index < -0.39 is 11.8 Å². The zero-order chi connectivity index (χ0) is 15.0. The molecule has 0 saturated carbocycles. The van der Waals surface area contributed by atoms with Gasteiger partial charge in [-0.3, -0.25) is 4.79 Å². The third kappa shape index (κ3) is 5.35. The molecule has 0 fully saturated rings. The lowest BCUT2D eigenvalue weighted by Gasteiger charge is -2.23. The number of Topliss-reactive ketones (excluding diaryl/α,β-unsaturated/α-hetero) is 1. The molecule has 0 unspecified atom stereocenters. The van der Waals surface area contributed by atoms with Gasteiger partial charge in [0.25, 0.3) is 0 Å². The van der Waals surface area contributed by atoms with Crippen molar-refractivity contribution in [1.82, 2.24) is 0 Å². The van der Waals surface area contributed by atoms with Crippen LogP contribution in [0, 0.1) is 0 Å². The first kappa shape index (κ1) is 16.7. The van der Waals surface area contributed by atoms with Crippen LogP contribution in [0.3, 0.4) is 0 Å². The topological polar surface area (TPSA) is 63.6 Å². The largest absolute Gasteiger partial charge is 0.511 e. The average Bonchev–Trinajstić information content (AvgIpc) is 2.36. The molecule has 0 amide bonds. The van der Waals surface area contributed by atoms with Gasteiger partial charge < -0.3 is 9.84 Å². The van der Waals surface area contributed by atoms with Crippen molar-refractivity contribution in [2.75, 3.05) is 0 Å². The Hall–Kier alpha value is -1.32. The van der Waals surface area contributed by atoms with E-state index in [4.69, 9.17) is 4.74 Å². The molecule has 0 aliphatic carbocycles. The van der Waals surface area contributed by atoms with Crippen molar-refractivity contribution in [1.29, 1.82) is 0 Å². The molecule has 0 spiro atoms. The summed E-state index contributed by atoms with van der Waals surface area (Å²) in [6.07, 6.45) is 9.19. The number of hydrogen-bond acceptors (Lipinski definition) is 4. The van der Waals surface area contributed by atoms with Crippen LogP contribution in [0.2, 0.25) is 0 Å². The second kappa shape index (κ2) is 8.77. The minimum Gasteiger partial charge on any atom is -0.511 e. The van der Waals surface area contributed by atoms with Crippen LogP contribution in [-0.2, 0) is 14.3 Å². The van der Waals surface area contributed by atoms with E-state index in [0.717, 1.165) is 19.3 Å². The lowest BCUT2D eigenvalue weighted by molar-refractivity contribution is -0.148. The summed E-state index contributed by atoms with van der Waals surface area (Å²) in [4.78, 5) is 22.8. The normalized spacial score (nSPS) is 19.1. The summed E-state index contributed by atoms with van der Waals surface area (Å²) in [6.45, 7) is 3.47. The minimum atomic E-state index is -0.672. The molecule has 1 N–H and O–H groups in total. The minimum absolute atomic E-state index is 0.110. The molecular formula is C16H26O4. The lowest BCUT2D eigenvalue weighted by atomic mass is 9.99. The molecule has 114 valence electrons. The zero-order valence-electron chi connectivity index (χ0n) is 12.6. The number of carbonyl (C=O) groups excluding carboxylic acids is 2. The monoisotopic (exact) mass is 282 g/mol. The number of ketones is 1. The van der Waals surface area contributed by atoms with Gasteiger partial charge in [0.1, 0.15) is 17.4 Å². The third-order valence-corrected chi connectivity index (χ3v) is 3.67. The molecule has 1 atom stereocenters. The Bertz CT molecular complexity index is 371. The van der Waals surface area contributed by atoms with Gasteiger partial charge in [0.2, 0.25) is 0 Å². The Morgan fingerprint density at radius 2 is 1.80 bits per heavy atom. The van der Waals surface area contributed by atoms with Gasteiger partial charge in [-0.05, 0) is 19.8 Å². The van der Waals surface area contributed by atoms with Gasteiger partial charge in [0, 0.05) is 6.42 Å². The Labute approximate surface area is 121 Å². The summed E-state index contributed by atoms with van der Waals surface area (Å²) in [6, 6.07) is 0. The first-order valence-electron chi connectivity index (χ1n) is 7.70. The van der Waals surface area contributed by atoms with Gasteiger partial charge in [0.15, 0.2) is 5.78 Å². The highest BCUT2D eigenvalue weighted by Gasteiger charge is 2.31. The Morgan fingerprint density at radius 1 is 1.20 bits per heavy atom. The Kier molecular flexibility index (Phi) is 7.34. The summed E-state index contributed by atoms with van der Waals surface area (Å²) in [7, 11) is 0. The van der Waals surface area contributed by atoms with Crippen LogP contribution in [-0.4, -0.2) is 23.0 Å². The second-order valence-electron chi connectivity index (χ2n) is 5.52. The number of cyclic esters (lactones) is 1. The SMILES string of the molecule is CCCCCCCCC[C@@H]1CC(O)=C(C(C)=O)C(=O)O1. The number of aliphatic hydroxyl groups excluding tert-OH is 1. The molecule has 1 rings (SSSR count). The Balaban J connectivity index is 2.24. The second-order valence-corrected chi connectivity index (χ2v) is 5.52. The maximum Gasteiger partial charge on any atom is 0.345 e. The maximum absolute atomic E-state index is 11.6. The van der Waals surface area contributed by atoms with Gasteiger partial charge in [-0.1, -0.05) is 45.4 Å². The zero-order valence-corrected chi connectivity index (χ0v) is 12.6. The molecule has 1 aliphatic rings. The smallest absolute Gasteiger partial charge is 0.345 e. The summed E-state index contributed by atoms with van der Waals surface area (Å²) < 4.78 is 5.20. The number of hydrogen-bond donors (Lipinski definition) is 1. The summed E-state index contributed by atoms with van der Waals surface area (Å²) in [5.74, 6) is -1.21. The third-order valence-electron chi connectivity index (χ3n) is 3.67. The fraction of sp³-hybridized carbons (Fsp3) is 0.750. The van der Waals surface area contributed by atoms with E-state index in [1.165, 1.54) is 39.0 Å². The van der Waals surface area contributed by atoms with Crippen molar-refractivity contribution < 1.29 is 19.4 Å². The van der Waals surface area contributed by atoms with Gasteiger partial charge in [-0.2, -0.15) is 0 Å². The summed E-state index contributed by atoms with van der Waals surface area (Å²) in [5.41, 5.74) is -0.180. The maximum atomic E-state index is 11.6. The van der Waals surface area contributed by atoms with Crippen LogP contribution in [0.25, 0.3) is 0 Å². The first-order chi connectivity index (χ1) is 9.56. The van der Waals surface area contributed by atoms with E-state index in [1.54, 1.807) is 0 Å². The van der Waals surface area contributed by atoms with Crippen molar-refractivity contribution in [2.24, 2.45) is 0 Å². The van der Waals surface area contributed by atoms with Crippen molar-refractivity contribution in [3.63, 3.8) is 0 Å². The molecule has 0 saturated heterocycles. The number of carbonyl (C=O) groups is 2. The fourth-order valence-corrected chi connectivity index (χ4v) is 2.52. The van der Waals surface area contributed by atoms with Crippen LogP contribution >= 0.6 is 0 Å². The van der Waals surface area contributed by atoms with Crippen molar-refractivity contribution in [3.05, 3.63) is 11.3 Å². The highest BCUT2D eigenvalue weighted by molar-refractivity contribution is 6.17. The molecule has 1 heterocycles. The number of esters is 1. The summed E-state index contributed by atoms with van der Waals surface area (Å²) >= 11 is 0. The number of unbranched alkanes of at least 4 members (excludes halogenated alkanes) is 6. The molecule has 1 aliphatic heterocycles. The van der Waals surface area contributed by atoms with E-state index in [0.29, 0.717) is 0 Å². The number of ether oxygens (including phenoxy) is 1. The van der Waals surface area contributed by atoms with Crippen molar-refractivity contribution >= 4 is 11.8 Å². The molecular weight excluding hydrogens is 256 g/mol. The highest BCUT2D eigenvalue weighted by Crippen LogP contribution is 2.24. The van der Waals surface area contributed by atoms with Crippen LogP contribution < -0.4 is 0 Å². The van der Waals surface area contributed by atoms with E-state index in [-0.39, 0.29) is 23.9 Å². The van der Waals surface area contributed by atoms with E-state index in [1.807, 2.05) is 0 Å².